The maximum absolute atomic E-state index is 11.5. The summed E-state index contributed by atoms with van der Waals surface area (Å²) in [6, 6.07) is 6.95. The summed E-state index contributed by atoms with van der Waals surface area (Å²) in [7, 11) is 1.28. The molecule has 1 rings (SSSR count). The van der Waals surface area contributed by atoms with Gasteiger partial charge in [-0.15, -0.1) is 0 Å². The van der Waals surface area contributed by atoms with E-state index in [4.69, 9.17) is 4.74 Å². The molecule has 19 heavy (non-hydrogen) atoms. The predicted molar refractivity (Wildman–Crippen MR) is 70.9 cm³/mol. The highest BCUT2D eigenvalue weighted by Crippen LogP contribution is 2.12. The Kier molecular flexibility index (Phi) is 5.85. The molecule has 0 heterocycles. The van der Waals surface area contributed by atoms with E-state index in [1.165, 1.54) is 7.11 Å². The van der Waals surface area contributed by atoms with Crippen LogP contribution in [-0.4, -0.2) is 31.6 Å². The van der Waals surface area contributed by atoms with Gasteiger partial charge in [-0.25, -0.2) is 4.79 Å². The number of methoxy groups -OCH3 is 1. The summed E-state index contributed by atoms with van der Waals surface area (Å²) >= 11 is 0. The molecule has 1 N–H and O–H groups in total. The first-order valence-corrected chi connectivity index (χ1v) is 6.09. The third-order valence-corrected chi connectivity index (χ3v) is 2.52. The van der Waals surface area contributed by atoms with Crippen LogP contribution in [0, 0.1) is 6.92 Å². The molecule has 0 aromatic heterocycles. The van der Waals surface area contributed by atoms with Gasteiger partial charge < -0.3 is 14.8 Å². The molecule has 5 nitrogen and oxygen atoms in total. The number of carbonyl (C=O) groups is 2. The van der Waals surface area contributed by atoms with Gasteiger partial charge in [0.05, 0.1) is 20.1 Å². The Bertz CT molecular complexity index is 445. The van der Waals surface area contributed by atoms with Gasteiger partial charge in [0.15, 0.2) is 0 Å². The van der Waals surface area contributed by atoms with Crippen molar-refractivity contribution in [3.8, 4) is 5.75 Å². The number of nitrogens with one attached hydrogen (secondary N) is 1. The van der Waals surface area contributed by atoms with Gasteiger partial charge in [-0.3, -0.25) is 4.79 Å². The lowest BCUT2D eigenvalue weighted by Gasteiger charge is -2.12. The van der Waals surface area contributed by atoms with Crippen LogP contribution in [-0.2, 0) is 14.3 Å². The Morgan fingerprint density at radius 1 is 1.37 bits per heavy atom. The predicted octanol–water partition coefficient (Wildman–Crippen LogP) is 1.44. The van der Waals surface area contributed by atoms with Crippen LogP contribution in [0.15, 0.2) is 24.3 Å². The highest BCUT2D eigenvalue weighted by Gasteiger charge is 2.15. The van der Waals surface area contributed by atoms with Crippen molar-refractivity contribution < 1.29 is 19.1 Å². The third kappa shape index (κ3) is 5.42. The van der Waals surface area contributed by atoms with Crippen molar-refractivity contribution in [2.24, 2.45) is 0 Å². The van der Waals surface area contributed by atoms with Gasteiger partial charge >= 0.3 is 5.97 Å². The lowest BCUT2D eigenvalue weighted by molar-refractivity contribution is -0.144. The number of carbonyl (C=O) groups excluding carboxylic acids is 2. The molecular weight excluding hydrogens is 246 g/mol. The first-order chi connectivity index (χ1) is 9.02. The zero-order chi connectivity index (χ0) is 14.3. The minimum Gasteiger partial charge on any atom is -0.493 e. The van der Waals surface area contributed by atoms with E-state index in [1.54, 1.807) is 6.92 Å². The summed E-state index contributed by atoms with van der Waals surface area (Å²) < 4.78 is 9.96. The van der Waals surface area contributed by atoms with E-state index in [0.717, 1.165) is 11.3 Å². The van der Waals surface area contributed by atoms with Crippen molar-refractivity contribution in [2.45, 2.75) is 26.3 Å². The van der Waals surface area contributed by atoms with Crippen molar-refractivity contribution in [1.29, 1.82) is 0 Å². The fourth-order valence-electron chi connectivity index (χ4n) is 1.52. The van der Waals surface area contributed by atoms with Gasteiger partial charge in [0.2, 0.25) is 5.91 Å². The second kappa shape index (κ2) is 7.41. The molecule has 0 bridgehead atoms. The molecule has 1 unspecified atom stereocenters. The lowest BCUT2D eigenvalue weighted by Crippen LogP contribution is -2.39. The summed E-state index contributed by atoms with van der Waals surface area (Å²) in [5.41, 5.74) is 1.10. The van der Waals surface area contributed by atoms with Crippen molar-refractivity contribution in [3.05, 3.63) is 29.8 Å². The zero-order valence-corrected chi connectivity index (χ0v) is 11.4. The van der Waals surface area contributed by atoms with E-state index in [-0.39, 0.29) is 18.9 Å². The average Bonchev–Trinajstić information content (AvgIpc) is 2.37. The Morgan fingerprint density at radius 3 is 2.74 bits per heavy atom. The molecule has 1 atom stereocenters. The molecule has 1 amide bonds. The standard InChI is InChI=1S/C14H19NO4/c1-10-5-4-6-12(9-10)19-8-7-13(16)15-11(2)14(17)18-3/h4-6,9,11H,7-8H2,1-3H3,(H,15,16). The monoisotopic (exact) mass is 265 g/mol. The van der Waals surface area contributed by atoms with Crippen LogP contribution in [0.5, 0.6) is 5.75 Å². The van der Waals surface area contributed by atoms with E-state index >= 15 is 0 Å². The molecule has 104 valence electrons. The normalized spacial score (nSPS) is 11.5. The van der Waals surface area contributed by atoms with E-state index in [1.807, 2.05) is 31.2 Å². The van der Waals surface area contributed by atoms with Crippen molar-refractivity contribution in [1.82, 2.24) is 5.32 Å². The molecule has 0 fully saturated rings. The molecule has 0 aliphatic rings. The highest BCUT2D eigenvalue weighted by atomic mass is 16.5. The number of hydrogen-bond acceptors (Lipinski definition) is 4. The van der Waals surface area contributed by atoms with Crippen LogP contribution < -0.4 is 10.1 Å². The van der Waals surface area contributed by atoms with Crippen LogP contribution in [0.1, 0.15) is 18.9 Å². The fourth-order valence-corrected chi connectivity index (χ4v) is 1.52. The van der Waals surface area contributed by atoms with Crippen molar-refractivity contribution >= 4 is 11.9 Å². The Morgan fingerprint density at radius 2 is 2.11 bits per heavy atom. The van der Waals surface area contributed by atoms with E-state index in [9.17, 15) is 9.59 Å². The van der Waals surface area contributed by atoms with E-state index in [2.05, 4.69) is 10.1 Å². The van der Waals surface area contributed by atoms with Crippen LogP contribution in [0.25, 0.3) is 0 Å². The first kappa shape index (κ1) is 15.0. The van der Waals surface area contributed by atoms with Crippen LogP contribution in [0.2, 0.25) is 0 Å². The molecule has 0 saturated carbocycles. The third-order valence-electron chi connectivity index (χ3n) is 2.52. The summed E-state index contributed by atoms with van der Waals surface area (Å²) in [5.74, 6) is 0.0207. The Hall–Kier alpha value is -2.04. The zero-order valence-electron chi connectivity index (χ0n) is 11.4. The van der Waals surface area contributed by atoms with Crippen LogP contribution in [0.3, 0.4) is 0 Å². The number of ether oxygens (including phenoxy) is 2. The topological polar surface area (TPSA) is 64.6 Å². The Balaban J connectivity index is 2.29. The number of hydrogen-bond donors (Lipinski definition) is 1. The molecule has 1 aromatic rings. The van der Waals surface area contributed by atoms with Gasteiger partial charge in [0, 0.05) is 0 Å². The molecule has 0 saturated heterocycles. The lowest BCUT2D eigenvalue weighted by atomic mass is 10.2. The minimum atomic E-state index is -0.642. The van der Waals surface area contributed by atoms with Crippen LogP contribution in [0.4, 0.5) is 0 Å². The average molecular weight is 265 g/mol. The second-order valence-corrected chi connectivity index (χ2v) is 4.23. The van der Waals surface area contributed by atoms with Crippen LogP contribution >= 0.6 is 0 Å². The maximum Gasteiger partial charge on any atom is 0.328 e. The number of rotatable bonds is 6. The van der Waals surface area contributed by atoms with Gasteiger partial charge in [-0.2, -0.15) is 0 Å². The molecule has 0 spiro atoms. The number of benzene rings is 1. The minimum absolute atomic E-state index is 0.190. The van der Waals surface area contributed by atoms with Gasteiger partial charge in [0.1, 0.15) is 11.8 Å². The smallest absolute Gasteiger partial charge is 0.328 e. The summed E-state index contributed by atoms with van der Waals surface area (Å²) in [4.78, 5) is 22.6. The summed E-state index contributed by atoms with van der Waals surface area (Å²) in [6.07, 6.45) is 0.190. The van der Waals surface area contributed by atoms with Crippen molar-refractivity contribution in [2.75, 3.05) is 13.7 Å². The Labute approximate surface area is 112 Å². The number of aryl methyl sites for hydroxylation is 1. The molecule has 1 aromatic carbocycles. The van der Waals surface area contributed by atoms with E-state index < -0.39 is 12.0 Å². The molecule has 0 aliphatic carbocycles. The highest BCUT2D eigenvalue weighted by molar-refractivity contribution is 5.84. The molecular formula is C14H19NO4. The van der Waals surface area contributed by atoms with Gasteiger partial charge in [-0.1, -0.05) is 12.1 Å². The number of amides is 1. The second-order valence-electron chi connectivity index (χ2n) is 4.23. The maximum atomic E-state index is 11.5. The molecule has 0 aliphatic heterocycles. The SMILES string of the molecule is COC(=O)C(C)NC(=O)CCOc1cccc(C)c1. The summed E-state index contributed by atoms with van der Waals surface area (Å²) in [6.45, 7) is 3.81. The van der Waals surface area contributed by atoms with E-state index in [0.29, 0.717) is 0 Å². The summed E-state index contributed by atoms with van der Waals surface area (Å²) in [5, 5.41) is 2.53. The molecule has 0 radical (unpaired) electrons. The van der Waals surface area contributed by atoms with Gasteiger partial charge in [-0.05, 0) is 31.5 Å². The quantitative estimate of drug-likeness (QED) is 0.790. The fraction of sp³-hybridized carbons (Fsp3) is 0.429. The van der Waals surface area contributed by atoms with Gasteiger partial charge in [0.25, 0.3) is 0 Å². The largest absolute Gasteiger partial charge is 0.493 e. The molecule has 5 heteroatoms. The number of esters is 1. The van der Waals surface area contributed by atoms with Crippen molar-refractivity contribution in [3.63, 3.8) is 0 Å². The first-order valence-electron chi connectivity index (χ1n) is 6.09.